The molecule has 0 unspecified atom stereocenters. The maximum absolute atomic E-state index is 4.32. The highest BCUT2D eigenvalue weighted by Crippen LogP contribution is 2.47. The van der Waals surface area contributed by atoms with Crippen LogP contribution in [0.5, 0.6) is 0 Å². The molecule has 0 aliphatic carbocycles. The largest absolute Gasteiger partial charge is 0.365 e. The average molecular weight is 319 g/mol. The molecule has 0 fully saturated rings. The summed E-state index contributed by atoms with van der Waals surface area (Å²) < 4.78 is 0. The van der Waals surface area contributed by atoms with Gasteiger partial charge in [0.25, 0.3) is 0 Å². The minimum absolute atomic E-state index is 0.177. The Labute approximate surface area is 139 Å². The first-order valence-corrected chi connectivity index (χ1v) is 8.87. The standard InChI is InChI=1S/C19H17N3S/c1-2-6-16-14(5-1)18-15-8-11-23-17(15)7-10-22(18)19(21-16)13-4-3-9-20-12-13/h1-6,8-9,11-12,18-19,21H,7,10H2/t18-,19+/m0/s1. The van der Waals surface area contributed by atoms with Gasteiger partial charge in [0.15, 0.2) is 0 Å². The zero-order valence-electron chi connectivity index (χ0n) is 12.6. The Kier molecular flexibility index (Phi) is 2.99. The Morgan fingerprint density at radius 2 is 2.04 bits per heavy atom. The summed E-state index contributed by atoms with van der Waals surface area (Å²) in [5.41, 5.74) is 5.32. The third-order valence-corrected chi connectivity index (χ3v) is 5.88. The minimum atomic E-state index is 0.177. The summed E-state index contributed by atoms with van der Waals surface area (Å²) in [7, 11) is 0. The SMILES string of the molecule is c1cncc([C@@H]2Nc3ccccc3[C@H]3c4ccsc4CCN32)c1. The number of fused-ring (bicyclic) bond motifs is 5. The summed E-state index contributed by atoms with van der Waals surface area (Å²) in [5, 5.41) is 5.96. The highest BCUT2D eigenvalue weighted by atomic mass is 32.1. The maximum atomic E-state index is 4.32. The van der Waals surface area contributed by atoms with Crippen LogP contribution >= 0.6 is 11.3 Å². The predicted molar refractivity (Wildman–Crippen MR) is 93.6 cm³/mol. The quantitative estimate of drug-likeness (QED) is 0.728. The summed E-state index contributed by atoms with van der Waals surface area (Å²) in [4.78, 5) is 8.44. The van der Waals surface area contributed by atoms with E-state index < -0.39 is 0 Å². The fraction of sp³-hybridized carbons (Fsp3) is 0.211. The lowest BCUT2D eigenvalue weighted by atomic mass is 9.88. The van der Waals surface area contributed by atoms with Gasteiger partial charge in [0.2, 0.25) is 0 Å². The van der Waals surface area contributed by atoms with Crippen LogP contribution < -0.4 is 5.32 Å². The number of thiophene rings is 1. The monoisotopic (exact) mass is 319 g/mol. The summed E-state index contributed by atoms with van der Waals surface area (Å²) in [5.74, 6) is 0. The number of anilines is 1. The highest BCUT2D eigenvalue weighted by molar-refractivity contribution is 7.10. The number of hydrogen-bond donors (Lipinski definition) is 1. The summed E-state index contributed by atoms with van der Waals surface area (Å²) in [6.45, 7) is 1.07. The summed E-state index contributed by atoms with van der Waals surface area (Å²) in [6, 6.07) is 15.5. The van der Waals surface area contributed by atoms with Gasteiger partial charge in [-0.25, -0.2) is 0 Å². The van der Waals surface area contributed by atoms with E-state index in [1.54, 1.807) is 0 Å². The molecule has 4 heteroatoms. The van der Waals surface area contributed by atoms with Gasteiger partial charge in [-0.1, -0.05) is 24.3 Å². The molecule has 1 aromatic carbocycles. The van der Waals surface area contributed by atoms with Crippen molar-refractivity contribution in [2.75, 3.05) is 11.9 Å². The normalized spacial score (nSPS) is 22.6. The van der Waals surface area contributed by atoms with Crippen molar-refractivity contribution in [1.29, 1.82) is 0 Å². The van der Waals surface area contributed by atoms with E-state index in [4.69, 9.17) is 0 Å². The van der Waals surface area contributed by atoms with Gasteiger partial charge < -0.3 is 5.32 Å². The molecule has 0 saturated carbocycles. The van der Waals surface area contributed by atoms with E-state index in [0.717, 1.165) is 13.0 Å². The lowest BCUT2D eigenvalue weighted by Crippen LogP contribution is -2.44. The van der Waals surface area contributed by atoms with Crippen molar-refractivity contribution in [3.63, 3.8) is 0 Å². The second-order valence-electron chi connectivity index (χ2n) is 6.11. The van der Waals surface area contributed by atoms with Crippen LogP contribution in [0.1, 0.15) is 33.8 Å². The molecule has 0 spiro atoms. The van der Waals surface area contributed by atoms with Gasteiger partial charge in [-0.05, 0) is 41.1 Å². The van der Waals surface area contributed by atoms with Gasteiger partial charge in [0.05, 0.1) is 6.04 Å². The Morgan fingerprint density at radius 1 is 1.09 bits per heavy atom. The molecule has 2 atom stereocenters. The van der Waals surface area contributed by atoms with Crippen molar-refractivity contribution in [2.45, 2.75) is 18.6 Å². The fourth-order valence-electron chi connectivity index (χ4n) is 3.87. The van der Waals surface area contributed by atoms with E-state index >= 15 is 0 Å². The Hall–Kier alpha value is -2.17. The average Bonchev–Trinajstić information content (AvgIpc) is 3.10. The molecule has 2 aliphatic heterocycles. The van der Waals surface area contributed by atoms with E-state index in [2.05, 4.69) is 57.0 Å². The molecule has 5 rings (SSSR count). The van der Waals surface area contributed by atoms with Crippen LogP contribution in [0.4, 0.5) is 5.69 Å². The van der Waals surface area contributed by atoms with Gasteiger partial charge in [-0.2, -0.15) is 0 Å². The molecular weight excluding hydrogens is 302 g/mol. The van der Waals surface area contributed by atoms with Crippen LogP contribution in [-0.4, -0.2) is 16.4 Å². The third-order valence-electron chi connectivity index (χ3n) is 4.88. The van der Waals surface area contributed by atoms with Gasteiger partial charge in [-0.3, -0.25) is 9.88 Å². The Morgan fingerprint density at radius 3 is 2.96 bits per heavy atom. The molecule has 0 radical (unpaired) electrons. The number of nitrogens with one attached hydrogen (secondary N) is 1. The lowest BCUT2D eigenvalue weighted by molar-refractivity contribution is 0.155. The van der Waals surface area contributed by atoms with Crippen LogP contribution in [0.15, 0.2) is 60.2 Å². The molecule has 23 heavy (non-hydrogen) atoms. The van der Waals surface area contributed by atoms with E-state index in [0.29, 0.717) is 6.04 Å². The molecule has 2 aliphatic rings. The molecule has 4 heterocycles. The second kappa shape index (κ2) is 5.18. The van der Waals surface area contributed by atoms with Gasteiger partial charge in [-0.15, -0.1) is 11.3 Å². The zero-order valence-corrected chi connectivity index (χ0v) is 13.5. The molecule has 3 aromatic rings. The highest BCUT2D eigenvalue weighted by Gasteiger charge is 2.39. The maximum Gasteiger partial charge on any atom is 0.108 e. The Bertz CT molecular complexity index is 843. The number of pyridine rings is 1. The molecule has 0 bridgehead atoms. The van der Waals surface area contributed by atoms with E-state index in [1.165, 1.54) is 27.3 Å². The van der Waals surface area contributed by atoms with Crippen LogP contribution in [0, 0.1) is 0 Å². The molecule has 2 aromatic heterocycles. The van der Waals surface area contributed by atoms with E-state index in [9.17, 15) is 0 Å². The van der Waals surface area contributed by atoms with Crippen molar-refractivity contribution in [1.82, 2.24) is 9.88 Å². The topological polar surface area (TPSA) is 28.2 Å². The number of nitrogens with zero attached hydrogens (tertiary/aromatic N) is 2. The van der Waals surface area contributed by atoms with Crippen molar-refractivity contribution in [2.24, 2.45) is 0 Å². The number of aromatic nitrogens is 1. The smallest absolute Gasteiger partial charge is 0.108 e. The van der Waals surface area contributed by atoms with Crippen LogP contribution in [0.3, 0.4) is 0 Å². The van der Waals surface area contributed by atoms with Gasteiger partial charge in [0, 0.05) is 35.1 Å². The van der Waals surface area contributed by atoms with Gasteiger partial charge >= 0.3 is 0 Å². The molecule has 1 N–H and O–H groups in total. The van der Waals surface area contributed by atoms with Crippen LogP contribution in [0.25, 0.3) is 0 Å². The third kappa shape index (κ3) is 2.02. The Balaban J connectivity index is 1.69. The van der Waals surface area contributed by atoms with Crippen molar-refractivity contribution >= 4 is 17.0 Å². The molecule has 114 valence electrons. The predicted octanol–water partition coefficient (Wildman–Crippen LogP) is 4.21. The molecule has 0 amide bonds. The lowest BCUT2D eigenvalue weighted by Gasteiger charge is -2.46. The number of benzene rings is 1. The fourth-order valence-corrected chi connectivity index (χ4v) is 4.77. The molecular formula is C19H17N3S. The van der Waals surface area contributed by atoms with E-state index in [1.807, 2.05) is 29.8 Å². The van der Waals surface area contributed by atoms with Crippen LogP contribution in [0.2, 0.25) is 0 Å². The first kappa shape index (κ1) is 13.3. The summed E-state index contributed by atoms with van der Waals surface area (Å²) >= 11 is 1.89. The van der Waals surface area contributed by atoms with Gasteiger partial charge in [0.1, 0.15) is 6.17 Å². The van der Waals surface area contributed by atoms with Crippen molar-refractivity contribution in [3.8, 4) is 0 Å². The number of para-hydroxylation sites is 1. The second-order valence-corrected chi connectivity index (χ2v) is 7.11. The van der Waals surface area contributed by atoms with Crippen molar-refractivity contribution in [3.05, 3.63) is 81.8 Å². The first-order chi connectivity index (χ1) is 11.4. The first-order valence-electron chi connectivity index (χ1n) is 7.99. The molecule has 3 nitrogen and oxygen atoms in total. The number of rotatable bonds is 1. The molecule has 0 saturated heterocycles. The summed E-state index contributed by atoms with van der Waals surface area (Å²) in [6.07, 6.45) is 5.12. The zero-order chi connectivity index (χ0) is 15.2. The van der Waals surface area contributed by atoms with Crippen LogP contribution in [-0.2, 0) is 6.42 Å². The van der Waals surface area contributed by atoms with E-state index in [-0.39, 0.29) is 6.17 Å². The number of hydrogen-bond acceptors (Lipinski definition) is 4. The minimum Gasteiger partial charge on any atom is -0.365 e. The van der Waals surface area contributed by atoms with Crippen molar-refractivity contribution < 1.29 is 0 Å².